The van der Waals surface area contributed by atoms with Gasteiger partial charge in [0.15, 0.2) is 11.8 Å². The second kappa shape index (κ2) is 6.01. The number of rotatable bonds is 2. The van der Waals surface area contributed by atoms with E-state index >= 15 is 0 Å². The van der Waals surface area contributed by atoms with Crippen molar-refractivity contribution in [1.82, 2.24) is 9.97 Å². The summed E-state index contributed by atoms with van der Waals surface area (Å²) in [6.45, 7) is 6.10. The molecule has 0 aliphatic carbocycles. The van der Waals surface area contributed by atoms with Gasteiger partial charge in [-0.15, -0.1) is 0 Å². The van der Waals surface area contributed by atoms with E-state index in [4.69, 9.17) is 8.83 Å². The van der Waals surface area contributed by atoms with Gasteiger partial charge >= 0.3 is 0 Å². The molecule has 0 atom stereocenters. The molecule has 0 aliphatic heterocycles. The maximum atomic E-state index is 4.98. The number of oxazole rings is 2. The average molecular weight is 208 g/mol. The van der Waals surface area contributed by atoms with Crippen LogP contribution in [0.2, 0.25) is 0 Å². The Labute approximate surface area is 89.3 Å². The van der Waals surface area contributed by atoms with Gasteiger partial charge < -0.3 is 8.83 Å². The van der Waals surface area contributed by atoms with Crippen LogP contribution in [0.3, 0.4) is 0 Å². The first-order chi connectivity index (χ1) is 7.24. The third kappa shape index (κ3) is 3.97. The topological polar surface area (TPSA) is 52.1 Å². The van der Waals surface area contributed by atoms with E-state index in [1.165, 1.54) is 0 Å². The number of hydrogen-bond acceptors (Lipinski definition) is 4. The zero-order chi connectivity index (χ0) is 11.1. The Balaban J connectivity index is 0.000000151. The van der Waals surface area contributed by atoms with Crippen molar-refractivity contribution < 1.29 is 8.83 Å². The van der Waals surface area contributed by atoms with Gasteiger partial charge in [0.25, 0.3) is 0 Å². The minimum absolute atomic E-state index is 0.407. The first-order valence-electron chi connectivity index (χ1n) is 5.01. The molecule has 2 aromatic rings. The van der Waals surface area contributed by atoms with Gasteiger partial charge in [-0.25, -0.2) is 9.97 Å². The smallest absolute Gasteiger partial charge is 0.196 e. The Morgan fingerprint density at radius 2 is 1.80 bits per heavy atom. The quantitative estimate of drug-likeness (QED) is 0.761. The largest absolute Gasteiger partial charge is 0.449 e. The fraction of sp³-hybridized carbons (Fsp3) is 0.455. The lowest BCUT2D eigenvalue weighted by molar-refractivity contribution is 0.471. The maximum Gasteiger partial charge on any atom is 0.196 e. The van der Waals surface area contributed by atoms with Crippen LogP contribution in [0, 0.1) is 0 Å². The van der Waals surface area contributed by atoms with Crippen LogP contribution in [0.5, 0.6) is 0 Å². The molecule has 0 unspecified atom stereocenters. The summed E-state index contributed by atoms with van der Waals surface area (Å²) in [6, 6.07) is 0. The van der Waals surface area contributed by atoms with E-state index in [-0.39, 0.29) is 0 Å². The second-order valence-electron chi connectivity index (χ2n) is 3.30. The van der Waals surface area contributed by atoms with E-state index in [0.29, 0.717) is 5.92 Å². The fourth-order valence-electron chi connectivity index (χ4n) is 0.947. The Kier molecular flexibility index (Phi) is 4.60. The monoisotopic (exact) mass is 208 g/mol. The summed E-state index contributed by atoms with van der Waals surface area (Å²) < 4.78 is 9.86. The number of nitrogens with zero attached hydrogens (tertiary/aromatic N) is 2. The van der Waals surface area contributed by atoms with Gasteiger partial charge in [0.1, 0.15) is 12.5 Å². The molecule has 2 aromatic heterocycles. The molecule has 0 radical (unpaired) electrons. The maximum absolute atomic E-state index is 4.98. The van der Waals surface area contributed by atoms with E-state index < -0.39 is 0 Å². The van der Waals surface area contributed by atoms with Crippen molar-refractivity contribution in [2.24, 2.45) is 0 Å². The van der Waals surface area contributed by atoms with Gasteiger partial charge in [-0.1, -0.05) is 20.8 Å². The molecule has 0 fully saturated rings. The van der Waals surface area contributed by atoms with Crippen molar-refractivity contribution in [3.8, 4) is 0 Å². The molecule has 0 amide bonds. The van der Waals surface area contributed by atoms with Crippen LogP contribution in [0.25, 0.3) is 0 Å². The molecule has 0 aromatic carbocycles. The molecule has 4 nitrogen and oxygen atoms in total. The summed E-state index contributed by atoms with van der Waals surface area (Å²) >= 11 is 0. The normalized spacial score (nSPS) is 9.87. The summed E-state index contributed by atoms with van der Waals surface area (Å²) in [4.78, 5) is 7.82. The molecule has 0 bridgehead atoms. The van der Waals surface area contributed by atoms with E-state index in [0.717, 1.165) is 18.2 Å². The Morgan fingerprint density at radius 1 is 1.13 bits per heavy atom. The standard InChI is InChI=1S/C6H9NO.C5H7NO/c1-5(2)6-7-3-4-8-6;1-2-5-6-3-4-7-5/h3-5H,1-2H3;3-4H,2H2,1H3. The van der Waals surface area contributed by atoms with Crippen LogP contribution in [-0.2, 0) is 6.42 Å². The molecule has 2 rings (SSSR count). The molecule has 2 heterocycles. The molecule has 15 heavy (non-hydrogen) atoms. The predicted molar refractivity (Wildman–Crippen MR) is 56.5 cm³/mol. The second-order valence-corrected chi connectivity index (χ2v) is 3.30. The predicted octanol–water partition coefficient (Wildman–Crippen LogP) is 3.04. The summed E-state index contributed by atoms with van der Waals surface area (Å²) in [5.41, 5.74) is 0. The van der Waals surface area contributed by atoms with Crippen molar-refractivity contribution in [2.75, 3.05) is 0 Å². The highest BCUT2D eigenvalue weighted by Crippen LogP contribution is 2.09. The molecule has 0 spiro atoms. The van der Waals surface area contributed by atoms with E-state index in [9.17, 15) is 0 Å². The van der Waals surface area contributed by atoms with Gasteiger partial charge in [-0.2, -0.15) is 0 Å². The Bertz CT molecular complexity index is 339. The van der Waals surface area contributed by atoms with Crippen LogP contribution < -0.4 is 0 Å². The lowest BCUT2D eigenvalue weighted by Gasteiger charge is -1.92. The lowest BCUT2D eigenvalue weighted by atomic mass is 10.2. The van der Waals surface area contributed by atoms with Gasteiger partial charge in [0.05, 0.1) is 12.4 Å². The van der Waals surface area contributed by atoms with Crippen molar-refractivity contribution in [3.05, 3.63) is 36.7 Å². The van der Waals surface area contributed by atoms with Crippen molar-refractivity contribution in [3.63, 3.8) is 0 Å². The van der Waals surface area contributed by atoms with Gasteiger partial charge in [0, 0.05) is 12.3 Å². The van der Waals surface area contributed by atoms with Crippen LogP contribution in [0.15, 0.2) is 33.8 Å². The number of aromatic nitrogens is 2. The molecule has 0 N–H and O–H groups in total. The highest BCUT2D eigenvalue weighted by atomic mass is 16.3. The van der Waals surface area contributed by atoms with Crippen LogP contribution >= 0.6 is 0 Å². The van der Waals surface area contributed by atoms with E-state index in [1.54, 1.807) is 24.9 Å². The minimum Gasteiger partial charge on any atom is -0.449 e. The van der Waals surface area contributed by atoms with E-state index in [2.05, 4.69) is 9.97 Å². The average Bonchev–Trinajstić information content (AvgIpc) is 2.92. The van der Waals surface area contributed by atoms with Crippen molar-refractivity contribution in [1.29, 1.82) is 0 Å². The lowest BCUT2D eigenvalue weighted by Crippen LogP contribution is -1.83. The Hall–Kier alpha value is -1.58. The summed E-state index contributed by atoms with van der Waals surface area (Å²) in [6.07, 6.45) is 7.37. The highest BCUT2D eigenvalue weighted by molar-refractivity contribution is 4.85. The SMILES string of the molecule is CC(C)c1ncco1.CCc1ncco1. The summed E-state index contributed by atoms with van der Waals surface area (Å²) in [7, 11) is 0. The van der Waals surface area contributed by atoms with E-state index in [1.807, 2.05) is 20.8 Å². The van der Waals surface area contributed by atoms with Crippen LogP contribution in [-0.4, -0.2) is 9.97 Å². The first kappa shape index (κ1) is 11.5. The van der Waals surface area contributed by atoms with Crippen molar-refractivity contribution >= 4 is 0 Å². The number of aryl methyl sites for hydroxylation is 1. The van der Waals surface area contributed by atoms with Gasteiger partial charge in [-0.05, 0) is 0 Å². The molecular formula is C11H16N2O2. The zero-order valence-electron chi connectivity index (χ0n) is 9.30. The summed E-state index contributed by atoms with van der Waals surface area (Å²) in [5.74, 6) is 2.02. The zero-order valence-corrected chi connectivity index (χ0v) is 9.30. The van der Waals surface area contributed by atoms with Gasteiger partial charge in [-0.3, -0.25) is 0 Å². The molecule has 0 aliphatic rings. The third-order valence-electron chi connectivity index (χ3n) is 1.73. The minimum atomic E-state index is 0.407. The highest BCUT2D eigenvalue weighted by Gasteiger charge is 2.00. The molecular weight excluding hydrogens is 192 g/mol. The van der Waals surface area contributed by atoms with Gasteiger partial charge in [0.2, 0.25) is 0 Å². The number of hydrogen-bond donors (Lipinski definition) is 0. The molecule has 0 saturated heterocycles. The molecule has 82 valence electrons. The summed E-state index contributed by atoms with van der Waals surface area (Å²) in [5, 5.41) is 0. The van der Waals surface area contributed by atoms with Crippen LogP contribution in [0.1, 0.15) is 38.5 Å². The first-order valence-corrected chi connectivity index (χ1v) is 5.01. The van der Waals surface area contributed by atoms with Crippen LogP contribution in [0.4, 0.5) is 0 Å². The molecule has 4 heteroatoms. The third-order valence-corrected chi connectivity index (χ3v) is 1.73. The fourth-order valence-corrected chi connectivity index (χ4v) is 0.947. The van der Waals surface area contributed by atoms with Crippen molar-refractivity contribution in [2.45, 2.75) is 33.1 Å². The molecule has 0 saturated carbocycles. The Morgan fingerprint density at radius 3 is 2.07 bits per heavy atom.